The lowest BCUT2D eigenvalue weighted by Gasteiger charge is -2.02. The molecule has 2 aromatic rings. The maximum absolute atomic E-state index is 11.9. The number of carbonyl (C=O) groups is 1. The van der Waals surface area contributed by atoms with Crippen molar-refractivity contribution < 1.29 is 24.9 Å². The van der Waals surface area contributed by atoms with Crippen molar-refractivity contribution in [3.63, 3.8) is 0 Å². The highest BCUT2D eigenvalue weighted by atomic mass is 16.5. The van der Waals surface area contributed by atoms with Gasteiger partial charge in [0.05, 0.1) is 7.11 Å². The molecule has 0 aromatic heterocycles. The van der Waals surface area contributed by atoms with Crippen LogP contribution in [0.1, 0.15) is 11.1 Å². The van der Waals surface area contributed by atoms with Crippen LogP contribution in [-0.2, 0) is 4.79 Å². The maximum Gasteiger partial charge on any atom is 0.182 e. The number of allylic oxidation sites excluding steroid dienone is 3. The molecule has 0 amide bonds. The topological polar surface area (TPSA) is 87.0 Å². The Balaban J connectivity index is 2.05. The summed E-state index contributed by atoms with van der Waals surface area (Å²) in [4.78, 5) is 11.9. The van der Waals surface area contributed by atoms with E-state index in [0.717, 1.165) is 11.6 Å². The molecule has 0 heterocycles. The van der Waals surface area contributed by atoms with Gasteiger partial charge >= 0.3 is 0 Å². The average Bonchev–Trinajstić information content (AvgIpc) is 2.61. The first kappa shape index (κ1) is 17.9. The fourth-order valence-electron chi connectivity index (χ4n) is 2.04. The largest absolute Gasteiger partial charge is 0.508 e. The molecule has 5 heteroatoms. The molecule has 0 saturated carbocycles. The summed E-state index contributed by atoms with van der Waals surface area (Å²) in [5.74, 6) is -0.467. The van der Waals surface area contributed by atoms with Gasteiger partial charge in [-0.25, -0.2) is 0 Å². The molecular weight excluding hydrogens is 320 g/mol. The van der Waals surface area contributed by atoms with Gasteiger partial charge in [0.15, 0.2) is 17.3 Å². The number of aliphatic hydroxyl groups is 1. The molecule has 0 fully saturated rings. The second-order valence-electron chi connectivity index (χ2n) is 5.13. The highest BCUT2D eigenvalue weighted by Gasteiger charge is 2.00. The number of phenolic OH excluding ortho intramolecular Hbond substituents is 2. The Bertz CT molecular complexity index is 847. The predicted octanol–water partition coefficient (Wildman–Crippen LogP) is 3.84. The van der Waals surface area contributed by atoms with Gasteiger partial charge in [-0.1, -0.05) is 30.3 Å². The molecular formula is C20H18O5. The van der Waals surface area contributed by atoms with Gasteiger partial charge in [-0.3, -0.25) is 4.79 Å². The Morgan fingerprint density at radius 3 is 2.48 bits per heavy atom. The van der Waals surface area contributed by atoms with E-state index in [1.165, 1.54) is 30.4 Å². The molecule has 0 bridgehead atoms. The summed E-state index contributed by atoms with van der Waals surface area (Å²) in [7, 11) is 1.55. The van der Waals surface area contributed by atoms with Crippen LogP contribution in [0, 0.1) is 0 Å². The van der Waals surface area contributed by atoms with Gasteiger partial charge in [-0.2, -0.15) is 0 Å². The number of aliphatic hydroxyl groups excluding tert-OH is 1. The SMILES string of the molecule is COc1ccccc1/C=C/C(=O)/C=C(O)/C=C/c1ccc(O)c(O)c1. The fraction of sp³-hybridized carbons (Fsp3) is 0.0500. The standard InChI is InChI=1S/C20H18O5/c1-25-20-5-3-2-4-15(20)8-10-17(22)13-16(21)9-6-14-7-11-18(23)19(24)12-14/h2-13,21,23-24H,1H3/b9-6+,10-8+,16-13-. The quantitative estimate of drug-likeness (QED) is 0.322. The van der Waals surface area contributed by atoms with Crippen molar-refractivity contribution in [3.8, 4) is 17.2 Å². The van der Waals surface area contributed by atoms with E-state index in [4.69, 9.17) is 4.74 Å². The number of benzene rings is 2. The van der Waals surface area contributed by atoms with Crippen molar-refractivity contribution in [2.75, 3.05) is 7.11 Å². The molecule has 25 heavy (non-hydrogen) atoms. The Labute approximate surface area is 145 Å². The van der Waals surface area contributed by atoms with Crippen molar-refractivity contribution in [2.45, 2.75) is 0 Å². The molecule has 0 spiro atoms. The Morgan fingerprint density at radius 1 is 1.00 bits per heavy atom. The normalized spacial score (nSPS) is 12.0. The van der Waals surface area contributed by atoms with Gasteiger partial charge in [-0.05, 0) is 42.0 Å². The lowest BCUT2D eigenvalue weighted by atomic mass is 10.1. The number of hydrogen-bond donors (Lipinski definition) is 3. The summed E-state index contributed by atoms with van der Waals surface area (Å²) in [5.41, 5.74) is 1.31. The van der Waals surface area contributed by atoms with Crippen LogP contribution in [0.2, 0.25) is 0 Å². The second-order valence-corrected chi connectivity index (χ2v) is 5.13. The molecule has 0 atom stereocenters. The molecule has 0 saturated heterocycles. The van der Waals surface area contributed by atoms with E-state index in [1.807, 2.05) is 18.2 Å². The van der Waals surface area contributed by atoms with Crippen LogP contribution in [0.25, 0.3) is 12.2 Å². The van der Waals surface area contributed by atoms with Crippen LogP contribution in [0.4, 0.5) is 0 Å². The number of carbonyl (C=O) groups excluding carboxylic acids is 1. The van der Waals surface area contributed by atoms with Gasteiger partial charge < -0.3 is 20.1 Å². The van der Waals surface area contributed by atoms with Crippen LogP contribution in [-0.4, -0.2) is 28.2 Å². The lowest BCUT2D eigenvalue weighted by molar-refractivity contribution is -0.110. The monoisotopic (exact) mass is 338 g/mol. The zero-order valence-corrected chi connectivity index (χ0v) is 13.6. The van der Waals surface area contributed by atoms with Crippen molar-refractivity contribution in [1.82, 2.24) is 0 Å². The molecule has 0 radical (unpaired) electrons. The first-order valence-corrected chi connectivity index (χ1v) is 7.45. The van der Waals surface area contributed by atoms with Gasteiger partial charge in [0.25, 0.3) is 0 Å². The summed E-state index contributed by atoms with van der Waals surface area (Å²) < 4.78 is 5.19. The summed E-state index contributed by atoms with van der Waals surface area (Å²) in [6.07, 6.45) is 6.83. The smallest absolute Gasteiger partial charge is 0.182 e. The van der Waals surface area contributed by atoms with Crippen LogP contribution in [0.15, 0.2) is 66.5 Å². The van der Waals surface area contributed by atoms with E-state index in [9.17, 15) is 20.1 Å². The highest BCUT2D eigenvalue weighted by Crippen LogP contribution is 2.25. The van der Waals surface area contributed by atoms with Crippen LogP contribution >= 0.6 is 0 Å². The molecule has 2 aromatic carbocycles. The van der Waals surface area contributed by atoms with Gasteiger partial charge in [-0.15, -0.1) is 0 Å². The first-order chi connectivity index (χ1) is 12.0. The molecule has 0 unspecified atom stereocenters. The number of ketones is 1. The molecule has 128 valence electrons. The van der Waals surface area contributed by atoms with Crippen LogP contribution in [0.3, 0.4) is 0 Å². The third-order valence-corrected chi connectivity index (χ3v) is 3.30. The molecule has 5 nitrogen and oxygen atoms in total. The van der Waals surface area contributed by atoms with E-state index < -0.39 is 0 Å². The number of rotatable bonds is 6. The third-order valence-electron chi connectivity index (χ3n) is 3.30. The first-order valence-electron chi connectivity index (χ1n) is 7.45. The van der Waals surface area contributed by atoms with Crippen LogP contribution in [0.5, 0.6) is 17.2 Å². The Hall–Kier alpha value is -3.47. The predicted molar refractivity (Wildman–Crippen MR) is 96.6 cm³/mol. The number of methoxy groups -OCH3 is 1. The number of hydrogen-bond acceptors (Lipinski definition) is 5. The van der Waals surface area contributed by atoms with E-state index >= 15 is 0 Å². The number of aromatic hydroxyl groups is 2. The van der Waals surface area contributed by atoms with Crippen molar-refractivity contribution in [1.29, 1.82) is 0 Å². The van der Waals surface area contributed by atoms with Crippen molar-refractivity contribution >= 4 is 17.9 Å². The van der Waals surface area contributed by atoms with Crippen molar-refractivity contribution in [2.24, 2.45) is 0 Å². The second kappa shape index (κ2) is 8.40. The summed E-state index contributed by atoms with van der Waals surface area (Å²) in [6.45, 7) is 0. The average molecular weight is 338 g/mol. The minimum atomic E-state index is -0.387. The Kier molecular flexibility index (Phi) is 6.01. The minimum Gasteiger partial charge on any atom is -0.508 e. The van der Waals surface area contributed by atoms with Gasteiger partial charge in [0.2, 0.25) is 0 Å². The molecule has 2 rings (SSSR count). The number of ether oxygens (including phenoxy) is 1. The van der Waals surface area contributed by atoms with E-state index in [1.54, 1.807) is 25.3 Å². The molecule has 0 aliphatic heterocycles. The van der Waals surface area contributed by atoms with Gasteiger partial charge in [0, 0.05) is 11.6 Å². The molecule has 0 aliphatic rings. The maximum atomic E-state index is 11.9. The summed E-state index contributed by atoms with van der Waals surface area (Å²) in [5, 5.41) is 28.4. The highest BCUT2D eigenvalue weighted by molar-refractivity contribution is 6.02. The molecule has 3 N–H and O–H groups in total. The third kappa shape index (κ3) is 5.28. The van der Waals surface area contributed by atoms with E-state index in [0.29, 0.717) is 11.3 Å². The number of phenols is 2. The zero-order valence-electron chi connectivity index (χ0n) is 13.6. The Morgan fingerprint density at radius 2 is 1.76 bits per heavy atom. The summed E-state index contributed by atoms with van der Waals surface area (Å²) in [6, 6.07) is 11.5. The summed E-state index contributed by atoms with van der Waals surface area (Å²) >= 11 is 0. The fourth-order valence-corrected chi connectivity index (χ4v) is 2.04. The zero-order chi connectivity index (χ0) is 18.2. The lowest BCUT2D eigenvalue weighted by Crippen LogP contribution is -1.90. The van der Waals surface area contributed by atoms with Crippen molar-refractivity contribution in [3.05, 3.63) is 77.6 Å². The minimum absolute atomic E-state index is 0.228. The van der Waals surface area contributed by atoms with E-state index in [2.05, 4.69) is 0 Å². The van der Waals surface area contributed by atoms with Gasteiger partial charge in [0.1, 0.15) is 11.5 Å². The molecule has 0 aliphatic carbocycles. The number of para-hydroxylation sites is 1. The van der Waals surface area contributed by atoms with Crippen LogP contribution < -0.4 is 4.74 Å². The van der Waals surface area contributed by atoms with E-state index in [-0.39, 0.29) is 23.0 Å².